The zero-order valence-electron chi connectivity index (χ0n) is 36.8. The lowest BCUT2D eigenvalue weighted by molar-refractivity contribution is 0.278. The Morgan fingerprint density at radius 2 is 1.02 bits per heavy atom. The molecular weight excluding hydrogens is 890 g/mol. The Kier molecular flexibility index (Phi) is 8.16. The van der Waals surface area contributed by atoms with Gasteiger partial charge in [-0.25, -0.2) is 0 Å². The molecule has 2 nitrogen and oxygen atoms in total. The van der Waals surface area contributed by atoms with Gasteiger partial charge in [0.2, 0.25) is 0 Å². The van der Waals surface area contributed by atoms with E-state index in [-0.39, 0.29) is 16.7 Å². The molecule has 0 saturated heterocycles. The van der Waals surface area contributed by atoms with E-state index in [1.54, 1.807) is 0 Å². The predicted octanol–water partition coefficient (Wildman–Crippen LogP) is 18.0. The van der Waals surface area contributed by atoms with E-state index >= 15 is 0 Å². The Morgan fingerprint density at radius 1 is 0.485 bits per heavy atom. The number of fused-ring (bicyclic) bond motifs is 4. The maximum Gasteiger partial charge on any atom is 0.0835 e. The van der Waals surface area contributed by atoms with E-state index in [0.29, 0.717) is 26.0 Å². The second kappa shape index (κ2) is 13.6. The lowest BCUT2D eigenvalue weighted by atomic mass is 9.49. The van der Waals surface area contributed by atoms with Crippen molar-refractivity contribution in [3.8, 4) is 11.1 Å². The van der Waals surface area contributed by atoms with Crippen molar-refractivity contribution in [2.24, 2.45) is 0 Å². The maximum absolute atomic E-state index is 7.25. The summed E-state index contributed by atoms with van der Waals surface area (Å²) in [6.07, 6.45) is 4.51. The normalized spacial score (nSPS) is 22.0. The molecule has 16 rings (SSSR count). The quantitative estimate of drug-likeness (QED) is 0.174. The van der Waals surface area contributed by atoms with Crippen molar-refractivity contribution in [2.45, 2.75) is 74.5 Å². The summed E-state index contributed by atoms with van der Waals surface area (Å²) in [7, 11) is 0. The summed E-state index contributed by atoms with van der Waals surface area (Å²) in [6, 6.07) is 56.1. The minimum atomic E-state index is -0.588. The molecule has 66 heavy (non-hydrogen) atoms. The van der Waals surface area contributed by atoms with Gasteiger partial charge in [-0.2, -0.15) is 0 Å². The van der Waals surface area contributed by atoms with Gasteiger partial charge in [-0.05, 0) is 164 Å². The van der Waals surface area contributed by atoms with Crippen LogP contribution in [0.2, 0.25) is 20.1 Å². The lowest BCUT2D eigenvalue weighted by Crippen LogP contribution is -2.46. The monoisotopic (exact) mass is 932 g/mol. The van der Waals surface area contributed by atoms with E-state index in [1.165, 1.54) is 83.7 Å². The number of hydrogen-bond acceptors (Lipinski definition) is 2. The highest BCUT2D eigenvalue weighted by Crippen LogP contribution is 2.70. The molecule has 1 saturated carbocycles. The van der Waals surface area contributed by atoms with Crippen molar-refractivity contribution in [3.05, 3.63) is 233 Å². The SMILES string of the molecule is CC(C)(C)c1ccc2c(c1)C13CCC(CC1)c1c(-c4ccc5c(c4)C46c7ccccc7C(c7ccccc74)c4cccc(c46)N5c4c(Cl)cccc4Cl)ccc(c13)N2c1c(Cl)cccc1Cl. The minimum absolute atomic E-state index is 0.0199. The van der Waals surface area contributed by atoms with Crippen LogP contribution in [0, 0.1) is 0 Å². The van der Waals surface area contributed by atoms with Crippen molar-refractivity contribution >= 4 is 80.5 Å². The van der Waals surface area contributed by atoms with E-state index in [4.69, 9.17) is 46.4 Å². The minimum Gasteiger partial charge on any atom is -0.307 e. The third-order valence-electron chi connectivity index (χ3n) is 16.4. The summed E-state index contributed by atoms with van der Waals surface area (Å²) >= 11 is 28.9. The number of benzene rings is 8. The van der Waals surface area contributed by atoms with Crippen LogP contribution in [0.5, 0.6) is 0 Å². The first-order valence-electron chi connectivity index (χ1n) is 23.3. The third kappa shape index (κ3) is 4.86. The molecule has 0 aromatic heterocycles. The zero-order valence-corrected chi connectivity index (χ0v) is 39.8. The lowest BCUT2D eigenvalue weighted by Gasteiger charge is -2.56. The molecule has 6 aliphatic carbocycles. The van der Waals surface area contributed by atoms with Crippen LogP contribution in [0.4, 0.5) is 34.1 Å². The Labute approximate surface area is 406 Å². The number of halogens is 4. The third-order valence-corrected chi connectivity index (χ3v) is 17.7. The van der Waals surface area contributed by atoms with Gasteiger partial charge in [0.1, 0.15) is 0 Å². The predicted molar refractivity (Wildman–Crippen MR) is 275 cm³/mol. The Hall–Kier alpha value is -5.48. The van der Waals surface area contributed by atoms with Gasteiger partial charge in [0, 0.05) is 11.3 Å². The summed E-state index contributed by atoms with van der Waals surface area (Å²) in [5.41, 5.74) is 22.9. The van der Waals surface area contributed by atoms with E-state index in [9.17, 15) is 0 Å². The first-order valence-corrected chi connectivity index (χ1v) is 24.8. The van der Waals surface area contributed by atoms with Crippen LogP contribution in [0.1, 0.15) is 119 Å². The standard InChI is InChI=1S/C60H44Cl4N2/c1-58(2,3)35-22-25-48-42(32-35)59-29-27-33(28-30-59)52-36(23-26-51(55(52)59)65(48)56-44(61)16-9-17-45(56)62)34-21-24-49-43(31-34)60-40-14-6-4-11-37(40)53(38-12-5-7-15-41(38)60)39-13-8-20-50(54(39)60)66(49)57-46(63)18-10-19-47(57)64/h4-26,31-33,53H,27-30H2,1-3H3. The van der Waals surface area contributed by atoms with Crippen molar-refractivity contribution in [1.29, 1.82) is 0 Å². The van der Waals surface area contributed by atoms with Crippen LogP contribution < -0.4 is 9.80 Å². The summed E-state index contributed by atoms with van der Waals surface area (Å²) in [4.78, 5) is 4.73. The first-order chi connectivity index (χ1) is 32.0. The van der Waals surface area contributed by atoms with Gasteiger partial charge in [-0.1, -0.05) is 164 Å². The van der Waals surface area contributed by atoms with E-state index in [2.05, 4.69) is 146 Å². The topological polar surface area (TPSA) is 6.48 Å². The number of hydrogen-bond donors (Lipinski definition) is 0. The van der Waals surface area contributed by atoms with Gasteiger partial charge in [0.25, 0.3) is 0 Å². The Morgan fingerprint density at radius 3 is 1.64 bits per heavy atom. The van der Waals surface area contributed by atoms with Crippen LogP contribution in [0.25, 0.3) is 11.1 Å². The van der Waals surface area contributed by atoms with Gasteiger partial charge in [-0.15, -0.1) is 0 Å². The highest BCUT2D eigenvalue weighted by atomic mass is 35.5. The zero-order chi connectivity index (χ0) is 44.6. The molecule has 4 bridgehead atoms. The molecule has 2 spiro atoms. The number of nitrogens with zero attached hydrogens (tertiary/aromatic N) is 2. The van der Waals surface area contributed by atoms with Crippen molar-refractivity contribution in [1.82, 2.24) is 0 Å². The number of para-hydroxylation sites is 2. The molecular formula is C60H44Cl4N2. The van der Waals surface area contributed by atoms with E-state index in [1.807, 2.05) is 36.4 Å². The van der Waals surface area contributed by atoms with Crippen LogP contribution in [-0.2, 0) is 16.2 Å². The smallest absolute Gasteiger partial charge is 0.0835 e. The van der Waals surface area contributed by atoms with Gasteiger partial charge in [-0.3, -0.25) is 0 Å². The molecule has 1 fully saturated rings. The molecule has 0 atom stereocenters. The van der Waals surface area contributed by atoms with Gasteiger partial charge in [0.15, 0.2) is 0 Å². The second-order valence-corrected chi connectivity index (χ2v) is 22.0. The average Bonchev–Trinajstić information content (AvgIpc) is 3.33. The molecule has 0 unspecified atom stereocenters. The average molecular weight is 935 g/mol. The fourth-order valence-corrected chi connectivity index (χ4v) is 15.0. The first kappa shape index (κ1) is 39.7. The van der Waals surface area contributed by atoms with Crippen LogP contribution in [0.15, 0.2) is 152 Å². The van der Waals surface area contributed by atoms with Gasteiger partial charge in [0.05, 0.1) is 59.6 Å². The molecule has 0 amide bonds. The van der Waals surface area contributed by atoms with E-state index in [0.717, 1.165) is 48.4 Å². The second-order valence-electron chi connectivity index (χ2n) is 20.4. The van der Waals surface area contributed by atoms with Crippen molar-refractivity contribution < 1.29 is 0 Å². The fourth-order valence-electron chi connectivity index (χ4n) is 13.9. The summed E-state index contributed by atoms with van der Waals surface area (Å²) in [6.45, 7) is 6.96. The molecule has 0 N–H and O–H groups in total. The molecule has 2 heterocycles. The van der Waals surface area contributed by atoms with Gasteiger partial charge >= 0.3 is 0 Å². The number of rotatable bonds is 3. The maximum atomic E-state index is 7.25. The van der Waals surface area contributed by atoms with Crippen LogP contribution in [0.3, 0.4) is 0 Å². The molecule has 8 aromatic carbocycles. The fraction of sp³-hybridized carbons (Fsp3) is 0.200. The van der Waals surface area contributed by atoms with Gasteiger partial charge < -0.3 is 9.80 Å². The van der Waals surface area contributed by atoms with Crippen molar-refractivity contribution in [3.63, 3.8) is 0 Å². The molecule has 6 heteroatoms. The summed E-state index contributed by atoms with van der Waals surface area (Å²) < 4.78 is 0. The highest BCUT2D eigenvalue weighted by Gasteiger charge is 2.58. The van der Waals surface area contributed by atoms with Crippen LogP contribution in [-0.4, -0.2) is 0 Å². The van der Waals surface area contributed by atoms with Crippen molar-refractivity contribution in [2.75, 3.05) is 9.80 Å². The number of anilines is 6. The molecule has 322 valence electrons. The largest absolute Gasteiger partial charge is 0.307 e. The molecule has 8 aliphatic rings. The highest BCUT2D eigenvalue weighted by molar-refractivity contribution is 6.40. The summed E-state index contributed by atoms with van der Waals surface area (Å²) in [5.74, 6) is 0.523. The molecule has 2 aliphatic heterocycles. The molecule has 8 aromatic rings. The van der Waals surface area contributed by atoms with E-state index < -0.39 is 5.41 Å². The summed E-state index contributed by atoms with van der Waals surface area (Å²) in [5, 5.41) is 2.52. The Balaban J connectivity index is 1.08. The van der Waals surface area contributed by atoms with Crippen LogP contribution >= 0.6 is 46.4 Å². The Bertz CT molecular complexity index is 3370. The molecule has 0 radical (unpaired) electrons.